The third kappa shape index (κ3) is 4.20. The second-order valence-corrected chi connectivity index (χ2v) is 6.31. The molecule has 1 aliphatic rings. The highest BCUT2D eigenvalue weighted by Gasteiger charge is 2.26. The zero-order chi connectivity index (χ0) is 17.8. The SMILES string of the molecule is Cc1cc(CNC(=O)C2CCCN(c3ccc(=O)n(C)n3)C2)ncn1. The molecule has 1 N–H and O–H groups in total. The van der Waals surface area contributed by atoms with Crippen molar-refractivity contribution >= 4 is 11.7 Å². The molecule has 8 heteroatoms. The predicted molar refractivity (Wildman–Crippen MR) is 93.0 cm³/mol. The molecule has 1 saturated heterocycles. The molecule has 3 rings (SSSR count). The third-order valence-corrected chi connectivity index (χ3v) is 4.37. The van der Waals surface area contributed by atoms with Crippen LogP contribution in [0.5, 0.6) is 0 Å². The second kappa shape index (κ2) is 7.42. The highest BCUT2D eigenvalue weighted by molar-refractivity contribution is 5.79. The summed E-state index contributed by atoms with van der Waals surface area (Å²) >= 11 is 0. The van der Waals surface area contributed by atoms with E-state index in [4.69, 9.17) is 0 Å². The number of piperidine rings is 1. The molecule has 0 spiro atoms. The zero-order valence-corrected chi connectivity index (χ0v) is 14.5. The first-order chi connectivity index (χ1) is 12.0. The van der Waals surface area contributed by atoms with Gasteiger partial charge < -0.3 is 10.2 Å². The van der Waals surface area contributed by atoms with Crippen molar-refractivity contribution in [2.75, 3.05) is 18.0 Å². The molecule has 0 saturated carbocycles. The lowest BCUT2D eigenvalue weighted by Gasteiger charge is -2.32. The van der Waals surface area contributed by atoms with Crippen LogP contribution in [0.2, 0.25) is 0 Å². The summed E-state index contributed by atoms with van der Waals surface area (Å²) in [4.78, 5) is 34.2. The van der Waals surface area contributed by atoms with Gasteiger partial charge in [-0.1, -0.05) is 0 Å². The molecule has 2 aromatic heterocycles. The number of carbonyl (C=O) groups excluding carboxylic acids is 1. The molecule has 1 aliphatic heterocycles. The molecule has 1 unspecified atom stereocenters. The summed E-state index contributed by atoms with van der Waals surface area (Å²) in [5.41, 5.74) is 1.53. The van der Waals surface area contributed by atoms with Gasteiger partial charge in [-0.15, -0.1) is 0 Å². The maximum atomic E-state index is 12.5. The third-order valence-electron chi connectivity index (χ3n) is 4.37. The normalized spacial score (nSPS) is 17.4. The lowest BCUT2D eigenvalue weighted by Crippen LogP contribution is -2.43. The lowest BCUT2D eigenvalue weighted by molar-refractivity contribution is -0.125. The fraction of sp³-hybridized carbons (Fsp3) is 0.471. The van der Waals surface area contributed by atoms with E-state index in [0.717, 1.165) is 36.6 Å². The van der Waals surface area contributed by atoms with Crippen LogP contribution in [0.3, 0.4) is 0 Å². The number of nitrogens with zero attached hydrogens (tertiary/aromatic N) is 5. The van der Waals surface area contributed by atoms with E-state index in [1.807, 2.05) is 13.0 Å². The van der Waals surface area contributed by atoms with E-state index in [1.165, 1.54) is 17.1 Å². The summed E-state index contributed by atoms with van der Waals surface area (Å²) in [5.74, 6) is 0.646. The summed E-state index contributed by atoms with van der Waals surface area (Å²) in [7, 11) is 1.63. The summed E-state index contributed by atoms with van der Waals surface area (Å²) in [5, 5.41) is 7.23. The van der Waals surface area contributed by atoms with Crippen molar-refractivity contribution in [3.63, 3.8) is 0 Å². The highest BCUT2D eigenvalue weighted by Crippen LogP contribution is 2.21. The smallest absolute Gasteiger partial charge is 0.266 e. The fourth-order valence-electron chi connectivity index (χ4n) is 2.99. The summed E-state index contributed by atoms with van der Waals surface area (Å²) < 4.78 is 1.32. The fourth-order valence-corrected chi connectivity index (χ4v) is 2.99. The van der Waals surface area contributed by atoms with E-state index in [1.54, 1.807) is 13.1 Å². The number of nitrogens with one attached hydrogen (secondary N) is 1. The van der Waals surface area contributed by atoms with Gasteiger partial charge in [0.15, 0.2) is 0 Å². The van der Waals surface area contributed by atoms with Crippen molar-refractivity contribution < 1.29 is 4.79 Å². The zero-order valence-electron chi connectivity index (χ0n) is 14.5. The van der Waals surface area contributed by atoms with Gasteiger partial charge in [0.05, 0.1) is 18.2 Å². The molecule has 0 bridgehead atoms. The van der Waals surface area contributed by atoms with Gasteiger partial charge in [-0.05, 0) is 31.9 Å². The van der Waals surface area contributed by atoms with Crippen LogP contribution in [0.4, 0.5) is 5.82 Å². The van der Waals surface area contributed by atoms with Gasteiger partial charge in [0, 0.05) is 31.9 Å². The average molecular weight is 342 g/mol. The number of hydrogen-bond donors (Lipinski definition) is 1. The largest absolute Gasteiger partial charge is 0.354 e. The van der Waals surface area contributed by atoms with E-state index >= 15 is 0 Å². The first-order valence-corrected chi connectivity index (χ1v) is 8.37. The Bertz CT molecular complexity index is 819. The van der Waals surface area contributed by atoms with Gasteiger partial charge >= 0.3 is 0 Å². The maximum absolute atomic E-state index is 12.5. The van der Waals surface area contributed by atoms with Crippen LogP contribution >= 0.6 is 0 Å². The molecule has 0 aromatic carbocycles. The minimum atomic E-state index is -0.143. The Kier molecular flexibility index (Phi) is 5.06. The number of anilines is 1. The number of carbonyl (C=O) groups is 1. The molecule has 3 heterocycles. The Morgan fingerprint density at radius 1 is 1.36 bits per heavy atom. The molecule has 0 radical (unpaired) electrons. The first kappa shape index (κ1) is 17.1. The summed E-state index contributed by atoms with van der Waals surface area (Å²) in [6, 6.07) is 5.08. The van der Waals surface area contributed by atoms with E-state index in [2.05, 4.69) is 25.3 Å². The summed E-state index contributed by atoms with van der Waals surface area (Å²) in [6.07, 6.45) is 3.26. The van der Waals surface area contributed by atoms with Crippen molar-refractivity contribution in [2.24, 2.45) is 13.0 Å². The topological polar surface area (TPSA) is 93.0 Å². The van der Waals surface area contributed by atoms with E-state index in [9.17, 15) is 9.59 Å². The van der Waals surface area contributed by atoms with Crippen molar-refractivity contribution in [3.05, 3.63) is 46.3 Å². The van der Waals surface area contributed by atoms with Crippen molar-refractivity contribution in [2.45, 2.75) is 26.3 Å². The van der Waals surface area contributed by atoms with Gasteiger partial charge in [-0.25, -0.2) is 14.6 Å². The number of rotatable bonds is 4. The molecular weight excluding hydrogens is 320 g/mol. The Morgan fingerprint density at radius 3 is 2.96 bits per heavy atom. The Morgan fingerprint density at radius 2 is 2.20 bits per heavy atom. The minimum Gasteiger partial charge on any atom is -0.354 e. The quantitative estimate of drug-likeness (QED) is 0.865. The molecule has 25 heavy (non-hydrogen) atoms. The average Bonchev–Trinajstić information content (AvgIpc) is 2.62. The van der Waals surface area contributed by atoms with Crippen molar-refractivity contribution in [3.8, 4) is 0 Å². The molecule has 0 aliphatic carbocycles. The number of amides is 1. The molecule has 8 nitrogen and oxygen atoms in total. The van der Waals surface area contributed by atoms with Gasteiger partial charge in [0.1, 0.15) is 12.1 Å². The van der Waals surface area contributed by atoms with Gasteiger partial charge in [-0.2, -0.15) is 5.10 Å². The molecule has 1 fully saturated rings. The summed E-state index contributed by atoms with van der Waals surface area (Å²) in [6.45, 7) is 3.73. The van der Waals surface area contributed by atoms with Gasteiger partial charge in [0.2, 0.25) is 5.91 Å². The standard InChI is InChI=1S/C17H22N6O2/c1-12-8-14(20-11-19-12)9-18-17(25)13-4-3-7-23(10-13)15-5-6-16(24)22(2)21-15/h5-6,8,11,13H,3-4,7,9-10H2,1-2H3,(H,18,25). The maximum Gasteiger partial charge on any atom is 0.266 e. The first-order valence-electron chi connectivity index (χ1n) is 8.37. The van der Waals surface area contributed by atoms with Crippen LogP contribution in [0.25, 0.3) is 0 Å². The molecule has 1 amide bonds. The van der Waals surface area contributed by atoms with Crippen molar-refractivity contribution in [1.82, 2.24) is 25.1 Å². The van der Waals surface area contributed by atoms with Crippen LogP contribution in [0.15, 0.2) is 29.3 Å². The van der Waals surface area contributed by atoms with Crippen LogP contribution < -0.4 is 15.8 Å². The van der Waals surface area contributed by atoms with Crippen LogP contribution in [0.1, 0.15) is 24.2 Å². The Labute approximate surface area is 145 Å². The predicted octanol–water partition coefficient (Wildman–Crippen LogP) is 0.412. The molecule has 2 aromatic rings. The number of aryl methyl sites for hydroxylation is 2. The second-order valence-electron chi connectivity index (χ2n) is 6.31. The lowest BCUT2D eigenvalue weighted by atomic mass is 9.97. The molecule has 132 valence electrons. The van der Waals surface area contributed by atoms with E-state index in [-0.39, 0.29) is 17.4 Å². The monoisotopic (exact) mass is 342 g/mol. The van der Waals surface area contributed by atoms with Gasteiger partial charge in [-0.3, -0.25) is 9.59 Å². The highest BCUT2D eigenvalue weighted by atomic mass is 16.2. The van der Waals surface area contributed by atoms with Gasteiger partial charge in [0.25, 0.3) is 5.56 Å². The number of aromatic nitrogens is 4. The van der Waals surface area contributed by atoms with Crippen molar-refractivity contribution in [1.29, 1.82) is 0 Å². The molecular formula is C17H22N6O2. The van der Waals surface area contributed by atoms with E-state index < -0.39 is 0 Å². The van der Waals surface area contributed by atoms with Crippen LogP contribution in [-0.2, 0) is 18.4 Å². The van der Waals surface area contributed by atoms with E-state index in [0.29, 0.717) is 13.1 Å². The molecule has 1 atom stereocenters. The minimum absolute atomic E-state index is 0.0192. The number of hydrogen-bond acceptors (Lipinski definition) is 6. The van der Waals surface area contributed by atoms with Crippen LogP contribution in [0, 0.1) is 12.8 Å². The van der Waals surface area contributed by atoms with Crippen LogP contribution in [-0.4, -0.2) is 38.7 Å². The Hall–Kier alpha value is -2.77. The Balaban J connectivity index is 1.61.